The van der Waals surface area contributed by atoms with Crippen molar-refractivity contribution in [3.8, 4) is 17.2 Å². The Balaban J connectivity index is 2.27. The molecule has 0 bridgehead atoms. The van der Waals surface area contributed by atoms with Gasteiger partial charge in [0.25, 0.3) is 0 Å². The molecule has 2 aromatic carbocycles. The molecule has 0 radical (unpaired) electrons. The van der Waals surface area contributed by atoms with Crippen molar-refractivity contribution in [2.75, 3.05) is 0 Å². The molecule has 0 aliphatic carbocycles. The first-order valence-corrected chi connectivity index (χ1v) is 5.83. The third-order valence-corrected chi connectivity index (χ3v) is 2.64. The number of aromatic hydroxyl groups is 2. The number of phenols is 2. The molecule has 0 atom stereocenters. The van der Waals surface area contributed by atoms with E-state index in [1.165, 1.54) is 6.92 Å². The van der Waals surface area contributed by atoms with Gasteiger partial charge in [-0.3, -0.25) is 4.79 Å². The number of carbonyl (C=O) groups is 2. The average Bonchev–Trinajstić information content (AvgIpc) is 2.38. The molecule has 0 aliphatic rings. The first kappa shape index (κ1) is 13.6. The number of benzene rings is 2. The lowest BCUT2D eigenvalue weighted by molar-refractivity contribution is 0.0734. The summed E-state index contributed by atoms with van der Waals surface area (Å²) in [7, 11) is 0. The molecule has 2 aromatic rings. The number of hydrogen-bond donors (Lipinski definition) is 2. The predicted molar refractivity (Wildman–Crippen MR) is 71.2 cm³/mol. The van der Waals surface area contributed by atoms with Crippen LogP contribution in [0.25, 0.3) is 0 Å². The Morgan fingerprint density at radius 1 is 1.00 bits per heavy atom. The van der Waals surface area contributed by atoms with E-state index >= 15 is 0 Å². The Morgan fingerprint density at radius 2 is 1.55 bits per heavy atom. The van der Waals surface area contributed by atoms with Crippen LogP contribution in [0.3, 0.4) is 0 Å². The van der Waals surface area contributed by atoms with Gasteiger partial charge < -0.3 is 14.9 Å². The molecule has 0 saturated carbocycles. The number of ketones is 1. The third-order valence-electron chi connectivity index (χ3n) is 2.64. The summed E-state index contributed by atoms with van der Waals surface area (Å²) in [5.74, 6) is -2.03. The number of carbonyl (C=O) groups excluding carboxylic acids is 2. The highest BCUT2D eigenvalue weighted by atomic mass is 16.5. The fourth-order valence-electron chi connectivity index (χ4n) is 1.75. The Bertz CT molecular complexity index is 638. The molecule has 5 nitrogen and oxygen atoms in total. The first-order valence-electron chi connectivity index (χ1n) is 5.83. The van der Waals surface area contributed by atoms with Gasteiger partial charge in [0, 0.05) is 12.1 Å². The van der Waals surface area contributed by atoms with Crippen molar-refractivity contribution in [3.05, 3.63) is 53.6 Å². The maximum Gasteiger partial charge on any atom is 0.343 e. The monoisotopic (exact) mass is 272 g/mol. The molecule has 0 unspecified atom stereocenters. The lowest BCUT2D eigenvalue weighted by Crippen LogP contribution is -2.08. The minimum absolute atomic E-state index is 0.0427. The lowest BCUT2D eigenvalue weighted by atomic mass is 10.1. The summed E-state index contributed by atoms with van der Waals surface area (Å²) in [6.07, 6.45) is 0. The molecule has 0 saturated heterocycles. The van der Waals surface area contributed by atoms with Gasteiger partial charge in [0.05, 0.1) is 5.56 Å². The molecule has 20 heavy (non-hydrogen) atoms. The van der Waals surface area contributed by atoms with Gasteiger partial charge in [0.15, 0.2) is 5.78 Å². The number of phenolic OH excluding ortho intramolecular Hbond substituents is 2. The maximum atomic E-state index is 11.8. The van der Waals surface area contributed by atoms with Gasteiger partial charge >= 0.3 is 5.97 Å². The molecule has 0 fully saturated rings. The molecular formula is C15H12O5. The fourth-order valence-corrected chi connectivity index (χ4v) is 1.75. The highest BCUT2D eigenvalue weighted by Gasteiger charge is 2.16. The van der Waals surface area contributed by atoms with Crippen LogP contribution in [0.2, 0.25) is 0 Å². The van der Waals surface area contributed by atoms with Gasteiger partial charge in [-0.05, 0) is 19.1 Å². The summed E-state index contributed by atoms with van der Waals surface area (Å²) in [6.45, 7) is 1.21. The van der Waals surface area contributed by atoms with Crippen LogP contribution < -0.4 is 4.74 Å². The molecule has 2 rings (SSSR count). The summed E-state index contributed by atoms with van der Waals surface area (Å²) in [5, 5.41) is 19.3. The van der Waals surface area contributed by atoms with E-state index in [2.05, 4.69) is 0 Å². The highest BCUT2D eigenvalue weighted by molar-refractivity contribution is 6.00. The fraction of sp³-hybridized carbons (Fsp3) is 0.0667. The molecule has 0 amide bonds. The molecule has 102 valence electrons. The normalized spacial score (nSPS) is 10.1. The van der Waals surface area contributed by atoms with E-state index < -0.39 is 23.3 Å². The summed E-state index contributed by atoms with van der Waals surface area (Å²) in [4.78, 5) is 23.0. The van der Waals surface area contributed by atoms with Gasteiger partial charge in [-0.2, -0.15) is 0 Å². The van der Waals surface area contributed by atoms with Gasteiger partial charge in [0.1, 0.15) is 22.8 Å². The zero-order chi connectivity index (χ0) is 14.7. The van der Waals surface area contributed by atoms with Crippen molar-refractivity contribution < 1.29 is 24.5 Å². The van der Waals surface area contributed by atoms with E-state index in [-0.39, 0.29) is 11.3 Å². The number of esters is 1. The molecule has 5 heteroatoms. The van der Waals surface area contributed by atoms with E-state index in [4.69, 9.17) is 4.74 Å². The van der Waals surface area contributed by atoms with E-state index in [1.807, 2.05) is 0 Å². The maximum absolute atomic E-state index is 11.8. The van der Waals surface area contributed by atoms with Crippen molar-refractivity contribution in [1.29, 1.82) is 0 Å². The summed E-state index contributed by atoms with van der Waals surface area (Å²) >= 11 is 0. The molecule has 0 aromatic heterocycles. The second-order valence-electron chi connectivity index (χ2n) is 4.15. The summed E-state index contributed by atoms with van der Waals surface area (Å²) in [6, 6.07) is 10.5. The van der Waals surface area contributed by atoms with Gasteiger partial charge in [-0.1, -0.05) is 18.2 Å². The zero-order valence-corrected chi connectivity index (χ0v) is 10.7. The van der Waals surface area contributed by atoms with Crippen LogP contribution in [0.4, 0.5) is 0 Å². The minimum Gasteiger partial charge on any atom is -0.507 e. The number of ether oxygens (including phenoxy) is 1. The smallest absolute Gasteiger partial charge is 0.343 e. The average molecular weight is 272 g/mol. The van der Waals surface area contributed by atoms with E-state index in [1.54, 1.807) is 30.3 Å². The molecule has 0 heterocycles. The van der Waals surface area contributed by atoms with Gasteiger partial charge in [-0.25, -0.2) is 4.79 Å². The van der Waals surface area contributed by atoms with Crippen molar-refractivity contribution >= 4 is 11.8 Å². The molecular weight excluding hydrogens is 260 g/mol. The van der Waals surface area contributed by atoms with Gasteiger partial charge in [0.2, 0.25) is 0 Å². The molecule has 2 N–H and O–H groups in total. The van der Waals surface area contributed by atoms with Crippen LogP contribution in [0, 0.1) is 0 Å². The Morgan fingerprint density at radius 3 is 2.05 bits per heavy atom. The third kappa shape index (κ3) is 2.77. The predicted octanol–water partition coefficient (Wildman–Crippen LogP) is 2.52. The van der Waals surface area contributed by atoms with Crippen molar-refractivity contribution in [1.82, 2.24) is 0 Å². The molecule has 0 aliphatic heterocycles. The second kappa shape index (κ2) is 5.44. The van der Waals surface area contributed by atoms with Crippen molar-refractivity contribution in [2.24, 2.45) is 0 Å². The number of hydrogen-bond acceptors (Lipinski definition) is 5. The lowest BCUT2D eigenvalue weighted by Gasteiger charge is -2.08. The Kier molecular flexibility index (Phi) is 3.70. The van der Waals surface area contributed by atoms with Crippen LogP contribution in [0.5, 0.6) is 17.2 Å². The Hall–Kier alpha value is -2.82. The largest absolute Gasteiger partial charge is 0.507 e. The minimum atomic E-state index is -0.625. The summed E-state index contributed by atoms with van der Waals surface area (Å²) in [5.41, 5.74) is 0.131. The van der Waals surface area contributed by atoms with Crippen LogP contribution in [0.1, 0.15) is 27.6 Å². The number of Topliss-reactive ketones (excluding diaryl/α,β-unsaturated/α-hetero) is 1. The van der Waals surface area contributed by atoms with Crippen LogP contribution in [0.15, 0.2) is 42.5 Å². The number of rotatable bonds is 3. The second-order valence-corrected chi connectivity index (χ2v) is 4.15. The van der Waals surface area contributed by atoms with E-state index in [0.29, 0.717) is 5.56 Å². The SMILES string of the molecule is CC(=O)c1c(O)cc(OC(=O)c2ccccc2)cc1O. The highest BCUT2D eigenvalue weighted by Crippen LogP contribution is 2.33. The summed E-state index contributed by atoms with van der Waals surface area (Å²) < 4.78 is 5.03. The topological polar surface area (TPSA) is 83.8 Å². The molecule has 0 spiro atoms. The van der Waals surface area contributed by atoms with Crippen molar-refractivity contribution in [3.63, 3.8) is 0 Å². The van der Waals surface area contributed by atoms with Crippen LogP contribution >= 0.6 is 0 Å². The standard InChI is InChI=1S/C15H12O5/c1-9(16)14-12(17)7-11(8-13(14)18)20-15(19)10-5-3-2-4-6-10/h2-8,17-18H,1H3. The Labute approximate surface area is 115 Å². The van der Waals surface area contributed by atoms with E-state index in [9.17, 15) is 19.8 Å². The van der Waals surface area contributed by atoms with Crippen molar-refractivity contribution in [2.45, 2.75) is 6.92 Å². The first-order chi connectivity index (χ1) is 9.49. The van der Waals surface area contributed by atoms with Gasteiger partial charge in [-0.15, -0.1) is 0 Å². The van der Waals surface area contributed by atoms with E-state index in [0.717, 1.165) is 12.1 Å². The quantitative estimate of drug-likeness (QED) is 0.509. The van der Waals surface area contributed by atoms with Crippen LogP contribution in [-0.4, -0.2) is 22.0 Å². The van der Waals surface area contributed by atoms with Crippen LogP contribution in [-0.2, 0) is 0 Å². The zero-order valence-electron chi connectivity index (χ0n) is 10.7.